The van der Waals surface area contributed by atoms with Gasteiger partial charge in [-0.25, -0.2) is 0 Å². The normalized spacial score (nSPS) is 21.5. The number of carbonyl (C=O) groups is 2. The van der Waals surface area contributed by atoms with Gasteiger partial charge in [0.2, 0.25) is 5.91 Å². The summed E-state index contributed by atoms with van der Waals surface area (Å²) in [5.41, 5.74) is 0.719. The van der Waals surface area contributed by atoms with Crippen molar-refractivity contribution in [1.29, 1.82) is 0 Å². The number of carbonyl (C=O) groups excluding carboxylic acids is 2. The zero-order valence-electron chi connectivity index (χ0n) is 13.2. The molecule has 1 aromatic carbocycles. The van der Waals surface area contributed by atoms with Crippen molar-refractivity contribution < 1.29 is 9.59 Å². The maximum Gasteiger partial charge on any atom is 0.253 e. The summed E-state index contributed by atoms with van der Waals surface area (Å²) < 4.78 is 0. The van der Waals surface area contributed by atoms with E-state index in [1.54, 1.807) is 0 Å². The smallest absolute Gasteiger partial charge is 0.253 e. The van der Waals surface area contributed by atoms with Crippen molar-refractivity contribution in [2.24, 2.45) is 0 Å². The third-order valence-electron chi connectivity index (χ3n) is 4.51. The molecule has 0 aromatic heterocycles. The fraction of sp³-hybridized carbons (Fsp3) is 0.529. The lowest BCUT2D eigenvalue weighted by Crippen LogP contribution is -2.55. The van der Waals surface area contributed by atoms with Crippen LogP contribution in [0, 0.1) is 0 Å². The van der Waals surface area contributed by atoms with Crippen molar-refractivity contribution in [3.63, 3.8) is 0 Å². The molecule has 0 unspecified atom stereocenters. The van der Waals surface area contributed by atoms with Gasteiger partial charge in [0.25, 0.3) is 5.91 Å². The largest absolute Gasteiger partial charge is 0.338 e. The molecule has 2 aliphatic heterocycles. The molecule has 2 aliphatic rings. The Morgan fingerprint density at radius 1 is 0.957 bits per heavy atom. The van der Waals surface area contributed by atoms with Crippen LogP contribution in [0.5, 0.6) is 0 Å². The average Bonchev–Trinajstić information content (AvgIpc) is 2.62. The number of amides is 2. The zero-order chi connectivity index (χ0) is 15.4. The minimum absolute atomic E-state index is 0. The van der Waals surface area contributed by atoms with Gasteiger partial charge in [0, 0.05) is 31.7 Å². The second-order valence-corrected chi connectivity index (χ2v) is 5.99. The van der Waals surface area contributed by atoms with Crippen LogP contribution >= 0.6 is 12.4 Å². The topological polar surface area (TPSA) is 52.7 Å². The molecule has 2 saturated heterocycles. The maximum absolute atomic E-state index is 12.5. The number of nitrogens with one attached hydrogen (secondary N) is 1. The Morgan fingerprint density at radius 2 is 1.61 bits per heavy atom. The number of piperazine rings is 1. The van der Waals surface area contributed by atoms with Gasteiger partial charge in [-0.1, -0.05) is 24.6 Å². The second-order valence-electron chi connectivity index (χ2n) is 5.99. The predicted octanol–water partition coefficient (Wildman–Crippen LogP) is 1.53. The molecule has 3 rings (SSSR count). The minimum Gasteiger partial charge on any atom is -0.338 e. The van der Waals surface area contributed by atoms with E-state index in [9.17, 15) is 9.59 Å². The van der Waals surface area contributed by atoms with Crippen LogP contribution in [0.3, 0.4) is 0 Å². The van der Waals surface area contributed by atoms with Gasteiger partial charge >= 0.3 is 0 Å². The van der Waals surface area contributed by atoms with Gasteiger partial charge in [0.05, 0.1) is 6.04 Å². The molecular formula is C17H24ClN3O2. The summed E-state index contributed by atoms with van der Waals surface area (Å²) in [5.74, 6) is 0.259. The molecule has 23 heavy (non-hydrogen) atoms. The first-order valence-corrected chi connectivity index (χ1v) is 8.12. The van der Waals surface area contributed by atoms with E-state index in [0.717, 1.165) is 31.4 Å². The predicted molar refractivity (Wildman–Crippen MR) is 91.8 cm³/mol. The first-order chi connectivity index (χ1) is 10.8. The number of rotatable bonds is 2. The van der Waals surface area contributed by atoms with Crippen LogP contribution < -0.4 is 5.32 Å². The molecule has 0 saturated carbocycles. The Balaban J connectivity index is 0.00000192. The second kappa shape index (κ2) is 8.31. The Kier molecular flexibility index (Phi) is 6.42. The third kappa shape index (κ3) is 4.24. The number of hydrogen-bond donors (Lipinski definition) is 1. The summed E-state index contributed by atoms with van der Waals surface area (Å²) in [6.07, 6.45) is 3.21. The van der Waals surface area contributed by atoms with Crippen molar-refractivity contribution in [3.8, 4) is 0 Å². The van der Waals surface area contributed by atoms with Gasteiger partial charge in [0.1, 0.15) is 0 Å². The minimum atomic E-state index is -0.0230. The van der Waals surface area contributed by atoms with Crippen LogP contribution in [0.2, 0.25) is 0 Å². The molecule has 1 N–H and O–H groups in total. The van der Waals surface area contributed by atoms with E-state index in [1.807, 2.05) is 40.1 Å². The van der Waals surface area contributed by atoms with Crippen molar-refractivity contribution in [3.05, 3.63) is 35.9 Å². The van der Waals surface area contributed by atoms with Crippen LogP contribution in [0.25, 0.3) is 0 Å². The highest BCUT2D eigenvalue weighted by atomic mass is 35.5. The number of halogens is 1. The summed E-state index contributed by atoms with van der Waals surface area (Å²) in [6, 6.07) is 9.32. The summed E-state index contributed by atoms with van der Waals surface area (Å²) in [4.78, 5) is 28.6. The van der Waals surface area contributed by atoms with E-state index < -0.39 is 0 Å². The van der Waals surface area contributed by atoms with Crippen molar-refractivity contribution in [1.82, 2.24) is 15.1 Å². The Morgan fingerprint density at radius 3 is 2.22 bits per heavy atom. The molecule has 2 fully saturated rings. The van der Waals surface area contributed by atoms with Gasteiger partial charge in [-0.3, -0.25) is 9.59 Å². The van der Waals surface area contributed by atoms with Crippen LogP contribution in [-0.4, -0.2) is 60.4 Å². The molecule has 2 amide bonds. The lowest BCUT2D eigenvalue weighted by molar-refractivity contribution is -0.135. The van der Waals surface area contributed by atoms with Gasteiger partial charge in [-0.05, 0) is 31.5 Å². The van der Waals surface area contributed by atoms with Crippen molar-refractivity contribution >= 4 is 24.2 Å². The Labute approximate surface area is 143 Å². The molecule has 5 nitrogen and oxygen atoms in total. The number of benzene rings is 1. The molecule has 1 aromatic rings. The Bertz CT molecular complexity index is 524. The highest BCUT2D eigenvalue weighted by Gasteiger charge is 2.29. The summed E-state index contributed by atoms with van der Waals surface area (Å²) in [7, 11) is 0. The fourth-order valence-corrected chi connectivity index (χ4v) is 3.18. The lowest BCUT2D eigenvalue weighted by Gasteiger charge is -2.37. The van der Waals surface area contributed by atoms with E-state index in [2.05, 4.69) is 5.32 Å². The lowest BCUT2D eigenvalue weighted by atomic mass is 10.0. The number of piperidine rings is 1. The van der Waals surface area contributed by atoms with E-state index in [0.29, 0.717) is 26.2 Å². The molecule has 0 radical (unpaired) electrons. The van der Waals surface area contributed by atoms with Crippen LogP contribution in [-0.2, 0) is 4.79 Å². The van der Waals surface area contributed by atoms with Crippen molar-refractivity contribution in [2.75, 3.05) is 32.7 Å². The van der Waals surface area contributed by atoms with Crippen LogP contribution in [0.1, 0.15) is 29.6 Å². The summed E-state index contributed by atoms with van der Waals surface area (Å²) >= 11 is 0. The van der Waals surface area contributed by atoms with Gasteiger partial charge in [0.15, 0.2) is 0 Å². The third-order valence-corrected chi connectivity index (χ3v) is 4.51. The quantitative estimate of drug-likeness (QED) is 0.890. The van der Waals surface area contributed by atoms with E-state index in [4.69, 9.17) is 0 Å². The van der Waals surface area contributed by atoms with Gasteiger partial charge < -0.3 is 15.1 Å². The molecule has 6 heteroatoms. The molecular weight excluding hydrogens is 314 g/mol. The molecule has 0 spiro atoms. The van der Waals surface area contributed by atoms with Gasteiger partial charge in [-0.15, -0.1) is 12.4 Å². The first-order valence-electron chi connectivity index (χ1n) is 8.12. The number of nitrogens with zero attached hydrogens (tertiary/aromatic N) is 2. The highest BCUT2D eigenvalue weighted by molar-refractivity contribution is 5.94. The zero-order valence-corrected chi connectivity index (χ0v) is 14.1. The SMILES string of the molecule is Cl.O=C(c1ccccc1)N1CCN(C(=O)[C@H]2CCCCN2)CC1. The fourth-order valence-electron chi connectivity index (χ4n) is 3.18. The average molecular weight is 338 g/mol. The van der Waals surface area contributed by atoms with Crippen LogP contribution in [0.4, 0.5) is 0 Å². The van der Waals surface area contributed by atoms with Gasteiger partial charge in [-0.2, -0.15) is 0 Å². The highest BCUT2D eigenvalue weighted by Crippen LogP contribution is 2.13. The standard InChI is InChI=1S/C17H23N3O2.ClH/c21-16(14-6-2-1-3-7-14)19-10-12-20(13-11-19)17(22)15-8-4-5-9-18-15;/h1-3,6-7,15,18H,4-5,8-13H2;1H/t15-;/m1./s1. The molecule has 126 valence electrons. The summed E-state index contributed by atoms with van der Waals surface area (Å²) in [6.45, 7) is 3.44. The maximum atomic E-state index is 12.5. The Hall–Kier alpha value is -1.59. The van der Waals surface area contributed by atoms with E-state index in [1.165, 1.54) is 0 Å². The van der Waals surface area contributed by atoms with E-state index in [-0.39, 0.29) is 30.3 Å². The molecule has 0 bridgehead atoms. The first kappa shape index (κ1) is 17.8. The van der Waals surface area contributed by atoms with E-state index >= 15 is 0 Å². The molecule has 2 heterocycles. The summed E-state index contributed by atoms with van der Waals surface area (Å²) in [5, 5.41) is 3.30. The molecule has 0 aliphatic carbocycles. The van der Waals surface area contributed by atoms with Crippen LogP contribution in [0.15, 0.2) is 30.3 Å². The monoisotopic (exact) mass is 337 g/mol. The molecule has 1 atom stereocenters. The number of hydrogen-bond acceptors (Lipinski definition) is 3. The van der Waals surface area contributed by atoms with Crippen molar-refractivity contribution in [2.45, 2.75) is 25.3 Å².